The number of carbonyl (C=O) groups excluding carboxylic acids is 2. The highest BCUT2D eigenvalue weighted by molar-refractivity contribution is 5.69. The standard InChI is InChI=1S/C21H26N4O5/c1-21(2,3)30-20(28)25-10-14(11-25)12-29-19-18(8-22-13-26)23-9-17(24-19)15-4-6-16(27)7-5-15/h4-7,9,13-14,27H,8,10-12H2,1-3H3,(H,22,26). The number of benzene rings is 1. The maximum absolute atomic E-state index is 12.0. The molecule has 3 rings (SSSR count). The summed E-state index contributed by atoms with van der Waals surface area (Å²) in [5, 5.41) is 12.0. The molecule has 1 saturated heterocycles. The molecule has 30 heavy (non-hydrogen) atoms. The second-order valence-corrected chi connectivity index (χ2v) is 8.12. The molecule has 0 bridgehead atoms. The summed E-state index contributed by atoms with van der Waals surface area (Å²) >= 11 is 0. The number of ether oxygens (including phenoxy) is 2. The van der Waals surface area contributed by atoms with Crippen LogP contribution in [-0.2, 0) is 16.1 Å². The van der Waals surface area contributed by atoms with E-state index in [2.05, 4.69) is 15.3 Å². The third kappa shape index (κ3) is 5.59. The molecule has 1 aliphatic rings. The number of aromatic nitrogens is 2. The summed E-state index contributed by atoms with van der Waals surface area (Å²) in [6.45, 7) is 7.14. The summed E-state index contributed by atoms with van der Waals surface area (Å²) < 4.78 is 11.2. The van der Waals surface area contributed by atoms with Gasteiger partial charge in [0.2, 0.25) is 12.3 Å². The number of amides is 2. The quantitative estimate of drug-likeness (QED) is 0.669. The van der Waals surface area contributed by atoms with E-state index in [4.69, 9.17) is 9.47 Å². The average molecular weight is 414 g/mol. The van der Waals surface area contributed by atoms with Crippen molar-refractivity contribution in [1.29, 1.82) is 0 Å². The summed E-state index contributed by atoms with van der Waals surface area (Å²) in [5.41, 5.74) is 1.35. The molecule has 9 nitrogen and oxygen atoms in total. The number of carbonyl (C=O) groups is 2. The van der Waals surface area contributed by atoms with E-state index in [1.807, 2.05) is 20.8 Å². The molecule has 1 fully saturated rings. The van der Waals surface area contributed by atoms with Gasteiger partial charge in [0, 0.05) is 24.6 Å². The molecule has 0 spiro atoms. The number of nitrogens with one attached hydrogen (secondary N) is 1. The van der Waals surface area contributed by atoms with Gasteiger partial charge in [-0.25, -0.2) is 9.78 Å². The summed E-state index contributed by atoms with van der Waals surface area (Å²) in [5.74, 6) is 0.642. The largest absolute Gasteiger partial charge is 0.508 e. The topological polar surface area (TPSA) is 114 Å². The molecule has 2 aromatic rings. The minimum absolute atomic E-state index is 0.156. The summed E-state index contributed by atoms with van der Waals surface area (Å²) in [4.78, 5) is 33.2. The van der Waals surface area contributed by atoms with Gasteiger partial charge in [-0.2, -0.15) is 0 Å². The number of hydrogen-bond donors (Lipinski definition) is 2. The van der Waals surface area contributed by atoms with Crippen LogP contribution in [0.3, 0.4) is 0 Å². The molecule has 0 radical (unpaired) electrons. The highest BCUT2D eigenvalue weighted by atomic mass is 16.6. The van der Waals surface area contributed by atoms with Crippen molar-refractivity contribution in [1.82, 2.24) is 20.2 Å². The average Bonchev–Trinajstić information content (AvgIpc) is 2.64. The fourth-order valence-electron chi connectivity index (χ4n) is 2.89. The molecule has 9 heteroatoms. The van der Waals surface area contributed by atoms with Crippen LogP contribution in [0.2, 0.25) is 0 Å². The molecule has 2 heterocycles. The number of hydrogen-bond acceptors (Lipinski definition) is 7. The van der Waals surface area contributed by atoms with Crippen molar-refractivity contribution in [2.24, 2.45) is 5.92 Å². The molecule has 0 saturated carbocycles. The fraction of sp³-hybridized carbons (Fsp3) is 0.429. The first-order valence-corrected chi connectivity index (χ1v) is 9.68. The number of aromatic hydroxyl groups is 1. The van der Waals surface area contributed by atoms with Crippen LogP contribution < -0.4 is 10.1 Å². The van der Waals surface area contributed by atoms with E-state index >= 15 is 0 Å². The maximum atomic E-state index is 12.0. The monoisotopic (exact) mass is 414 g/mol. The maximum Gasteiger partial charge on any atom is 0.410 e. The highest BCUT2D eigenvalue weighted by Crippen LogP contribution is 2.25. The van der Waals surface area contributed by atoms with Crippen molar-refractivity contribution in [3.8, 4) is 22.9 Å². The number of rotatable bonds is 7. The van der Waals surface area contributed by atoms with Crippen LogP contribution in [0, 0.1) is 5.92 Å². The molecule has 160 valence electrons. The Labute approximate surface area is 175 Å². The molecular formula is C21H26N4O5. The Bertz CT molecular complexity index is 889. The Morgan fingerprint density at radius 1 is 1.30 bits per heavy atom. The first-order chi connectivity index (χ1) is 14.2. The van der Waals surface area contributed by atoms with Crippen molar-refractivity contribution in [3.05, 3.63) is 36.2 Å². The lowest BCUT2D eigenvalue weighted by Crippen LogP contribution is -2.53. The zero-order valence-corrected chi connectivity index (χ0v) is 17.3. The van der Waals surface area contributed by atoms with Crippen molar-refractivity contribution in [2.45, 2.75) is 32.9 Å². The Morgan fingerprint density at radius 2 is 2.00 bits per heavy atom. The molecular weight excluding hydrogens is 388 g/mol. The van der Waals surface area contributed by atoms with Crippen LogP contribution in [0.4, 0.5) is 4.79 Å². The van der Waals surface area contributed by atoms with E-state index in [1.165, 1.54) is 0 Å². The molecule has 2 amide bonds. The van der Waals surface area contributed by atoms with Gasteiger partial charge in [-0.05, 0) is 45.0 Å². The Morgan fingerprint density at radius 3 is 2.63 bits per heavy atom. The van der Waals surface area contributed by atoms with Crippen LogP contribution in [-0.4, -0.2) is 57.8 Å². The summed E-state index contributed by atoms with van der Waals surface area (Å²) in [6.07, 6.45) is 1.85. The van der Waals surface area contributed by atoms with Crippen LogP contribution in [0.15, 0.2) is 30.5 Å². The van der Waals surface area contributed by atoms with Gasteiger partial charge in [0.25, 0.3) is 0 Å². The van der Waals surface area contributed by atoms with Crippen molar-refractivity contribution in [3.63, 3.8) is 0 Å². The zero-order chi connectivity index (χ0) is 21.7. The number of likely N-dealkylation sites (tertiary alicyclic amines) is 1. The van der Waals surface area contributed by atoms with Gasteiger partial charge in [-0.1, -0.05) is 0 Å². The molecule has 0 aliphatic carbocycles. The number of nitrogens with zero attached hydrogens (tertiary/aromatic N) is 3. The predicted octanol–water partition coefficient (Wildman–Crippen LogP) is 2.34. The second-order valence-electron chi connectivity index (χ2n) is 8.12. The SMILES string of the molecule is CC(C)(C)OC(=O)N1CC(COc2nc(-c3ccc(O)cc3)cnc2CNC=O)C1. The summed E-state index contributed by atoms with van der Waals surface area (Å²) in [7, 11) is 0. The second kappa shape index (κ2) is 8.98. The fourth-order valence-corrected chi connectivity index (χ4v) is 2.89. The Hall–Kier alpha value is -3.36. The van der Waals surface area contributed by atoms with Gasteiger partial charge in [-0.3, -0.25) is 9.78 Å². The normalized spacial score (nSPS) is 14.0. The lowest BCUT2D eigenvalue weighted by Gasteiger charge is -2.39. The molecule has 1 aromatic heterocycles. The number of phenolic OH excluding ortho intramolecular Hbond substituents is 1. The van der Waals surface area contributed by atoms with Crippen molar-refractivity contribution >= 4 is 12.5 Å². The van der Waals surface area contributed by atoms with E-state index in [0.717, 1.165) is 5.56 Å². The van der Waals surface area contributed by atoms with Gasteiger partial charge in [0.1, 0.15) is 17.0 Å². The first-order valence-electron chi connectivity index (χ1n) is 9.68. The minimum Gasteiger partial charge on any atom is -0.508 e. The zero-order valence-electron chi connectivity index (χ0n) is 17.3. The highest BCUT2D eigenvalue weighted by Gasteiger charge is 2.34. The van der Waals surface area contributed by atoms with Gasteiger partial charge >= 0.3 is 6.09 Å². The minimum atomic E-state index is -0.524. The van der Waals surface area contributed by atoms with Crippen molar-refractivity contribution in [2.75, 3.05) is 19.7 Å². The van der Waals surface area contributed by atoms with Gasteiger partial charge in [0.05, 0.1) is 25.0 Å². The molecule has 2 N–H and O–H groups in total. The molecule has 1 aliphatic heterocycles. The van der Waals surface area contributed by atoms with E-state index in [-0.39, 0.29) is 24.3 Å². The van der Waals surface area contributed by atoms with Gasteiger partial charge in [-0.15, -0.1) is 0 Å². The van der Waals surface area contributed by atoms with Gasteiger partial charge in [0.15, 0.2) is 0 Å². The number of phenols is 1. The summed E-state index contributed by atoms with van der Waals surface area (Å²) in [6, 6.07) is 6.60. The Balaban J connectivity index is 1.64. The van der Waals surface area contributed by atoms with Crippen molar-refractivity contribution < 1.29 is 24.2 Å². The lowest BCUT2D eigenvalue weighted by molar-refractivity contribution is -0.109. The van der Waals surface area contributed by atoms with Crippen LogP contribution in [0.25, 0.3) is 11.3 Å². The third-order valence-electron chi connectivity index (χ3n) is 4.39. The third-order valence-corrected chi connectivity index (χ3v) is 4.39. The van der Waals surface area contributed by atoms with Gasteiger partial charge < -0.3 is 24.8 Å². The van der Waals surface area contributed by atoms with Crippen LogP contribution >= 0.6 is 0 Å². The molecule has 0 atom stereocenters. The predicted molar refractivity (Wildman–Crippen MR) is 109 cm³/mol. The van der Waals surface area contributed by atoms with Crippen LogP contribution in [0.1, 0.15) is 26.5 Å². The molecule has 0 unspecified atom stereocenters. The van der Waals surface area contributed by atoms with E-state index in [0.29, 0.717) is 43.4 Å². The smallest absolute Gasteiger partial charge is 0.410 e. The van der Waals surface area contributed by atoms with E-state index < -0.39 is 5.60 Å². The Kier molecular flexibility index (Phi) is 6.39. The molecule has 1 aromatic carbocycles. The van der Waals surface area contributed by atoms with E-state index in [9.17, 15) is 14.7 Å². The first kappa shape index (κ1) is 21.4. The van der Waals surface area contributed by atoms with Crippen LogP contribution in [0.5, 0.6) is 11.6 Å². The van der Waals surface area contributed by atoms with E-state index in [1.54, 1.807) is 35.4 Å². The lowest BCUT2D eigenvalue weighted by atomic mass is 10.0.